The molecular formula is C14H23Cl2N3O. The maximum Gasteiger partial charge on any atom is 0.272 e. The molecule has 1 aliphatic heterocycles. The summed E-state index contributed by atoms with van der Waals surface area (Å²) in [6, 6.07) is 3.79. The number of amides is 1. The van der Waals surface area contributed by atoms with E-state index >= 15 is 0 Å². The minimum Gasteiger partial charge on any atom is -0.337 e. The molecule has 1 aliphatic rings. The summed E-state index contributed by atoms with van der Waals surface area (Å²) in [5.41, 5.74) is 7.14. The van der Waals surface area contributed by atoms with Crippen molar-refractivity contribution >= 4 is 30.7 Å². The van der Waals surface area contributed by atoms with Gasteiger partial charge in [0.25, 0.3) is 5.91 Å². The van der Waals surface area contributed by atoms with Crippen LogP contribution in [0.2, 0.25) is 0 Å². The molecular weight excluding hydrogens is 297 g/mol. The highest BCUT2D eigenvalue weighted by Crippen LogP contribution is 2.21. The Hall–Kier alpha value is -0.840. The van der Waals surface area contributed by atoms with E-state index in [1.54, 1.807) is 6.20 Å². The Morgan fingerprint density at radius 2 is 2.25 bits per heavy atom. The molecule has 0 radical (unpaired) electrons. The van der Waals surface area contributed by atoms with Crippen LogP contribution in [0.15, 0.2) is 18.3 Å². The summed E-state index contributed by atoms with van der Waals surface area (Å²) < 4.78 is 0. The van der Waals surface area contributed by atoms with E-state index in [2.05, 4.69) is 4.98 Å². The predicted molar refractivity (Wildman–Crippen MR) is 85.8 cm³/mol. The van der Waals surface area contributed by atoms with Crippen LogP contribution in [0.3, 0.4) is 0 Å². The first-order valence-electron chi connectivity index (χ1n) is 6.63. The molecule has 2 rings (SSSR count). The highest BCUT2D eigenvalue weighted by molar-refractivity contribution is 5.93. The fourth-order valence-corrected chi connectivity index (χ4v) is 2.58. The molecule has 114 valence electrons. The molecule has 20 heavy (non-hydrogen) atoms. The van der Waals surface area contributed by atoms with Crippen molar-refractivity contribution in [3.8, 4) is 0 Å². The lowest BCUT2D eigenvalue weighted by atomic mass is 9.94. The van der Waals surface area contributed by atoms with Crippen molar-refractivity contribution in [1.29, 1.82) is 0 Å². The summed E-state index contributed by atoms with van der Waals surface area (Å²) in [5, 5.41) is 0. The first kappa shape index (κ1) is 19.2. The van der Waals surface area contributed by atoms with Crippen LogP contribution in [0, 0.1) is 12.8 Å². The van der Waals surface area contributed by atoms with Gasteiger partial charge in [-0.1, -0.05) is 6.07 Å². The Morgan fingerprint density at radius 3 is 2.90 bits per heavy atom. The lowest BCUT2D eigenvalue weighted by Gasteiger charge is -2.32. The summed E-state index contributed by atoms with van der Waals surface area (Å²) in [6.45, 7) is 4.30. The molecule has 0 aliphatic carbocycles. The van der Waals surface area contributed by atoms with Crippen molar-refractivity contribution in [2.45, 2.75) is 26.2 Å². The minimum atomic E-state index is 0. The van der Waals surface area contributed by atoms with E-state index in [0.29, 0.717) is 18.2 Å². The molecule has 1 saturated heterocycles. The second-order valence-corrected chi connectivity index (χ2v) is 5.01. The highest BCUT2D eigenvalue weighted by atomic mass is 35.5. The molecule has 1 amide bonds. The Bertz CT molecular complexity index is 427. The number of hydrogen-bond acceptors (Lipinski definition) is 3. The second kappa shape index (κ2) is 9.16. The Balaban J connectivity index is 0.00000180. The van der Waals surface area contributed by atoms with Gasteiger partial charge in [-0.15, -0.1) is 24.8 Å². The molecule has 1 atom stereocenters. The number of halogens is 2. The van der Waals surface area contributed by atoms with Crippen LogP contribution in [-0.4, -0.2) is 35.4 Å². The fraction of sp³-hybridized carbons (Fsp3) is 0.571. The van der Waals surface area contributed by atoms with Crippen LogP contribution >= 0.6 is 24.8 Å². The van der Waals surface area contributed by atoms with E-state index in [4.69, 9.17) is 5.73 Å². The lowest BCUT2D eigenvalue weighted by Crippen LogP contribution is -2.41. The molecule has 1 aromatic rings. The number of piperidine rings is 1. The van der Waals surface area contributed by atoms with Crippen LogP contribution in [0.1, 0.15) is 35.3 Å². The molecule has 1 aromatic heterocycles. The summed E-state index contributed by atoms with van der Waals surface area (Å²) >= 11 is 0. The van der Waals surface area contributed by atoms with Crippen molar-refractivity contribution in [3.05, 3.63) is 29.6 Å². The molecule has 4 nitrogen and oxygen atoms in total. The van der Waals surface area contributed by atoms with Gasteiger partial charge in [-0.25, -0.2) is 0 Å². The molecule has 0 spiro atoms. The van der Waals surface area contributed by atoms with Gasteiger partial charge >= 0.3 is 0 Å². The van der Waals surface area contributed by atoms with Gasteiger partial charge in [0.05, 0.1) is 0 Å². The normalized spacial score (nSPS) is 17.9. The molecule has 2 heterocycles. The topological polar surface area (TPSA) is 59.2 Å². The Morgan fingerprint density at radius 1 is 1.50 bits per heavy atom. The van der Waals surface area contributed by atoms with Gasteiger partial charge in [0, 0.05) is 19.3 Å². The molecule has 6 heteroatoms. The Kier molecular flexibility index (Phi) is 8.78. The largest absolute Gasteiger partial charge is 0.337 e. The van der Waals surface area contributed by atoms with E-state index in [9.17, 15) is 4.79 Å². The number of pyridine rings is 1. The van der Waals surface area contributed by atoms with Crippen LogP contribution < -0.4 is 5.73 Å². The summed E-state index contributed by atoms with van der Waals surface area (Å²) in [5.74, 6) is 0.617. The van der Waals surface area contributed by atoms with Crippen LogP contribution in [-0.2, 0) is 0 Å². The van der Waals surface area contributed by atoms with E-state index in [0.717, 1.165) is 31.5 Å². The summed E-state index contributed by atoms with van der Waals surface area (Å²) in [7, 11) is 0. The van der Waals surface area contributed by atoms with Gasteiger partial charge in [0.2, 0.25) is 0 Å². The SMILES string of the molecule is Cc1cccnc1C(=O)N1CCCC(CCN)C1.Cl.Cl. The maximum absolute atomic E-state index is 12.4. The van der Waals surface area contributed by atoms with Crippen molar-refractivity contribution < 1.29 is 4.79 Å². The first-order chi connectivity index (χ1) is 8.72. The molecule has 0 aromatic carbocycles. The van der Waals surface area contributed by atoms with Crippen molar-refractivity contribution in [2.75, 3.05) is 19.6 Å². The van der Waals surface area contributed by atoms with Crippen molar-refractivity contribution in [3.63, 3.8) is 0 Å². The van der Waals surface area contributed by atoms with Crippen LogP contribution in [0.4, 0.5) is 0 Å². The molecule has 0 saturated carbocycles. The number of rotatable bonds is 3. The third-order valence-corrected chi connectivity index (χ3v) is 3.59. The molecule has 1 unspecified atom stereocenters. The van der Waals surface area contributed by atoms with Gasteiger partial charge in [-0.2, -0.15) is 0 Å². The van der Waals surface area contributed by atoms with Gasteiger partial charge in [-0.3, -0.25) is 9.78 Å². The monoisotopic (exact) mass is 319 g/mol. The van der Waals surface area contributed by atoms with E-state index < -0.39 is 0 Å². The minimum absolute atomic E-state index is 0. The third kappa shape index (κ3) is 4.62. The zero-order valence-corrected chi connectivity index (χ0v) is 13.4. The zero-order valence-electron chi connectivity index (χ0n) is 11.7. The van der Waals surface area contributed by atoms with Crippen LogP contribution in [0.5, 0.6) is 0 Å². The van der Waals surface area contributed by atoms with Crippen molar-refractivity contribution in [1.82, 2.24) is 9.88 Å². The predicted octanol–water partition coefficient (Wildman–Crippen LogP) is 2.43. The van der Waals surface area contributed by atoms with Gasteiger partial charge in [-0.05, 0) is 50.3 Å². The number of nitrogens with zero attached hydrogens (tertiary/aromatic N) is 2. The second-order valence-electron chi connectivity index (χ2n) is 5.01. The average Bonchev–Trinajstić information content (AvgIpc) is 2.39. The maximum atomic E-state index is 12.4. The number of carbonyl (C=O) groups is 1. The Labute approximate surface area is 132 Å². The van der Waals surface area contributed by atoms with Gasteiger partial charge < -0.3 is 10.6 Å². The standard InChI is InChI=1S/C14H21N3O.2ClH/c1-11-4-2-8-16-13(11)14(18)17-9-3-5-12(10-17)6-7-15;;/h2,4,8,12H,3,5-7,9-10,15H2,1H3;2*1H. The number of carbonyl (C=O) groups excluding carboxylic acids is 1. The lowest BCUT2D eigenvalue weighted by molar-refractivity contribution is 0.0662. The molecule has 0 bridgehead atoms. The van der Waals surface area contributed by atoms with Gasteiger partial charge in [0.15, 0.2) is 0 Å². The fourth-order valence-electron chi connectivity index (χ4n) is 2.58. The smallest absolute Gasteiger partial charge is 0.272 e. The number of likely N-dealkylation sites (tertiary alicyclic amines) is 1. The van der Waals surface area contributed by atoms with Crippen LogP contribution in [0.25, 0.3) is 0 Å². The van der Waals surface area contributed by atoms with Gasteiger partial charge in [0.1, 0.15) is 5.69 Å². The third-order valence-electron chi connectivity index (χ3n) is 3.59. The zero-order chi connectivity index (χ0) is 13.0. The number of aromatic nitrogens is 1. The summed E-state index contributed by atoms with van der Waals surface area (Å²) in [4.78, 5) is 18.5. The molecule has 2 N–H and O–H groups in total. The van der Waals surface area contributed by atoms with E-state index in [1.807, 2.05) is 24.0 Å². The number of aryl methyl sites for hydroxylation is 1. The summed E-state index contributed by atoms with van der Waals surface area (Å²) in [6.07, 6.45) is 4.94. The average molecular weight is 320 g/mol. The van der Waals surface area contributed by atoms with E-state index in [1.165, 1.54) is 6.42 Å². The first-order valence-corrected chi connectivity index (χ1v) is 6.63. The number of hydrogen-bond donors (Lipinski definition) is 1. The number of nitrogens with two attached hydrogens (primary N) is 1. The van der Waals surface area contributed by atoms with E-state index in [-0.39, 0.29) is 30.7 Å². The van der Waals surface area contributed by atoms with Crippen molar-refractivity contribution in [2.24, 2.45) is 11.7 Å². The quantitative estimate of drug-likeness (QED) is 0.930. The highest BCUT2D eigenvalue weighted by Gasteiger charge is 2.25. The molecule has 1 fully saturated rings.